The molecule has 1 fully saturated rings. The fraction of sp³-hybridized carbons (Fsp3) is 0.533. The van der Waals surface area contributed by atoms with Crippen molar-refractivity contribution in [3.05, 3.63) is 23.3 Å². The molecule has 0 aliphatic heterocycles. The molecule has 0 radical (unpaired) electrons. The molecular weight excluding hydrogens is 272 g/mol. The maximum absolute atomic E-state index is 11.2. The molecule has 1 aliphatic carbocycles. The third-order valence-electron chi connectivity index (χ3n) is 3.21. The van der Waals surface area contributed by atoms with Crippen LogP contribution in [0.3, 0.4) is 0 Å². The van der Waals surface area contributed by atoms with E-state index < -0.39 is 14.3 Å². The highest BCUT2D eigenvalue weighted by Gasteiger charge is 2.28. The molecule has 2 rings (SSSR count). The van der Waals surface area contributed by atoms with Crippen molar-refractivity contribution in [2.45, 2.75) is 38.9 Å². The van der Waals surface area contributed by atoms with Crippen LogP contribution in [0.1, 0.15) is 28.8 Å². The monoisotopic (exact) mass is 294 g/mol. The summed E-state index contributed by atoms with van der Waals surface area (Å²) in [6.45, 7) is 6.33. The predicted molar refractivity (Wildman–Crippen MR) is 80.4 cm³/mol. The normalized spacial score (nSPS) is 15.0. The van der Waals surface area contributed by atoms with Crippen LogP contribution in [0.15, 0.2) is 12.1 Å². The zero-order chi connectivity index (χ0) is 14.9. The quantitative estimate of drug-likeness (QED) is 0.815. The van der Waals surface area contributed by atoms with E-state index in [-0.39, 0.29) is 5.56 Å². The number of ether oxygens (including phenoxy) is 1. The highest BCUT2D eigenvalue weighted by Crippen LogP contribution is 2.40. The second kappa shape index (κ2) is 5.48. The van der Waals surface area contributed by atoms with Gasteiger partial charge in [-0.25, -0.2) is 4.79 Å². The van der Waals surface area contributed by atoms with Crippen LogP contribution in [0.5, 0.6) is 11.5 Å². The van der Waals surface area contributed by atoms with E-state index in [9.17, 15) is 9.90 Å². The molecule has 110 valence electrons. The summed E-state index contributed by atoms with van der Waals surface area (Å²) in [5.41, 5.74) is 1.23. The van der Waals surface area contributed by atoms with Gasteiger partial charge in [-0.2, -0.15) is 0 Å². The van der Waals surface area contributed by atoms with Gasteiger partial charge in [0.15, 0.2) is 5.75 Å². The molecule has 1 N–H and O–H groups in total. The smallest absolute Gasteiger partial charge is 0.335 e. The van der Waals surface area contributed by atoms with Crippen molar-refractivity contribution in [3.8, 4) is 11.5 Å². The molecule has 0 amide bonds. The topological polar surface area (TPSA) is 55.8 Å². The molecule has 4 nitrogen and oxygen atoms in total. The first kappa shape index (κ1) is 14.9. The number of aromatic carboxylic acids is 1. The van der Waals surface area contributed by atoms with Crippen LogP contribution in [0.25, 0.3) is 0 Å². The lowest BCUT2D eigenvalue weighted by Crippen LogP contribution is -2.30. The van der Waals surface area contributed by atoms with E-state index in [0.29, 0.717) is 11.7 Å². The molecule has 20 heavy (non-hydrogen) atoms. The van der Waals surface area contributed by atoms with E-state index in [0.717, 1.165) is 17.7 Å². The van der Waals surface area contributed by atoms with Crippen LogP contribution in [0.2, 0.25) is 19.6 Å². The van der Waals surface area contributed by atoms with Crippen molar-refractivity contribution < 1.29 is 19.1 Å². The second-order valence-corrected chi connectivity index (χ2v) is 10.8. The Morgan fingerprint density at radius 1 is 1.35 bits per heavy atom. The first-order valence-corrected chi connectivity index (χ1v) is 10.3. The van der Waals surface area contributed by atoms with Gasteiger partial charge in [0, 0.05) is 0 Å². The highest BCUT2D eigenvalue weighted by atomic mass is 28.4. The number of benzene rings is 1. The van der Waals surface area contributed by atoms with Crippen molar-refractivity contribution in [2.75, 3.05) is 7.11 Å². The van der Waals surface area contributed by atoms with Crippen LogP contribution in [0, 0.1) is 5.92 Å². The van der Waals surface area contributed by atoms with E-state index in [1.807, 2.05) is 0 Å². The molecule has 0 unspecified atom stereocenters. The fourth-order valence-corrected chi connectivity index (χ4v) is 2.99. The Balaban J connectivity index is 2.45. The fourth-order valence-electron chi connectivity index (χ4n) is 2.14. The lowest BCUT2D eigenvalue weighted by Gasteiger charge is -2.24. The Morgan fingerprint density at radius 2 is 2.00 bits per heavy atom. The van der Waals surface area contributed by atoms with Gasteiger partial charge in [-0.1, -0.05) is 0 Å². The summed E-state index contributed by atoms with van der Waals surface area (Å²) in [6, 6.07) is 3.28. The number of carboxylic acid groups (broad SMARTS) is 1. The van der Waals surface area contributed by atoms with Gasteiger partial charge in [-0.05, 0) is 62.5 Å². The zero-order valence-electron chi connectivity index (χ0n) is 12.5. The number of hydrogen-bond donors (Lipinski definition) is 1. The molecule has 0 heterocycles. The highest BCUT2D eigenvalue weighted by molar-refractivity contribution is 6.70. The van der Waals surface area contributed by atoms with Crippen LogP contribution in [-0.2, 0) is 6.42 Å². The van der Waals surface area contributed by atoms with Crippen molar-refractivity contribution in [1.29, 1.82) is 0 Å². The van der Waals surface area contributed by atoms with Gasteiger partial charge in [-0.15, -0.1) is 0 Å². The summed E-state index contributed by atoms with van der Waals surface area (Å²) >= 11 is 0. The number of carboxylic acids is 1. The standard InChI is InChI=1S/C15H22O4Si/c1-18-13-9-12(15(16)17)8-11(7-10-5-6-10)14(13)19-20(2,3)4/h8-10H,5-7H2,1-4H3,(H,16,17). The molecule has 1 aliphatic rings. The van der Waals surface area contributed by atoms with Crippen LogP contribution in [0.4, 0.5) is 0 Å². The van der Waals surface area contributed by atoms with E-state index >= 15 is 0 Å². The van der Waals surface area contributed by atoms with Crippen molar-refractivity contribution in [1.82, 2.24) is 0 Å². The predicted octanol–water partition coefficient (Wildman–Crippen LogP) is 3.56. The Hall–Kier alpha value is -1.49. The molecule has 1 aromatic rings. The number of methoxy groups -OCH3 is 1. The van der Waals surface area contributed by atoms with Crippen molar-refractivity contribution in [2.24, 2.45) is 5.92 Å². The maximum Gasteiger partial charge on any atom is 0.335 e. The van der Waals surface area contributed by atoms with Gasteiger partial charge >= 0.3 is 5.97 Å². The number of hydrogen-bond acceptors (Lipinski definition) is 3. The van der Waals surface area contributed by atoms with E-state index in [1.54, 1.807) is 19.2 Å². The average Bonchev–Trinajstić information content (AvgIpc) is 3.13. The van der Waals surface area contributed by atoms with Gasteiger partial charge in [0.2, 0.25) is 8.32 Å². The van der Waals surface area contributed by atoms with Crippen molar-refractivity contribution in [3.63, 3.8) is 0 Å². The minimum absolute atomic E-state index is 0.264. The second-order valence-electron chi connectivity index (χ2n) is 6.33. The molecule has 1 saturated carbocycles. The molecule has 0 spiro atoms. The summed E-state index contributed by atoms with van der Waals surface area (Å²) in [4.78, 5) is 11.2. The van der Waals surface area contributed by atoms with Gasteiger partial charge in [0.1, 0.15) is 5.75 Å². The van der Waals surface area contributed by atoms with Crippen LogP contribution < -0.4 is 9.16 Å². The van der Waals surface area contributed by atoms with Gasteiger partial charge < -0.3 is 14.3 Å². The summed E-state index contributed by atoms with van der Waals surface area (Å²) in [5.74, 6) is 0.999. The zero-order valence-corrected chi connectivity index (χ0v) is 13.5. The van der Waals surface area contributed by atoms with Gasteiger partial charge in [-0.3, -0.25) is 0 Å². The van der Waals surface area contributed by atoms with E-state index in [2.05, 4.69) is 19.6 Å². The molecule has 0 atom stereocenters. The number of rotatable bonds is 6. The minimum atomic E-state index is -1.78. The third kappa shape index (κ3) is 3.76. The first-order valence-electron chi connectivity index (χ1n) is 6.93. The maximum atomic E-state index is 11.2. The Kier molecular flexibility index (Phi) is 4.08. The third-order valence-corrected chi connectivity index (χ3v) is 4.03. The van der Waals surface area contributed by atoms with E-state index in [4.69, 9.17) is 9.16 Å². The lowest BCUT2D eigenvalue weighted by atomic mass is 10.0. The molecular formula is C15H22O4Si. The summed E-state index contributed by atoms with van der Waals surface area (Å²) < 4.78 is 11.5. The summed E-state index contributed by atoms with van der Waals surface area (Å²) in [6.07, 6.45) is 3.30. The SMILES string of the molecule is COc1cc(C(=O)O)cc(CC2CC2)c1O[Si](C)(C)C. The summed E-state index contributed by atoms with van der Waals surface area (Å²) in [5, 5.41) is 9.21. The molecule has 0 saturated heterocycles. The molecule has 0 aromatic heterocycles. The number of carbonyl (C=O) groups is 1. The Bertz CT molecular complexity index is 515. The van der Waals surface area contributed by atoms with Gasteiger partial charge in [0.05, 0.1) is 12.7 Å². The van der Waals surface area contributed by atoms with Crippen LogP contribution in [-0.4, -0.2) is 26.5 Å². The molecule has 5 heteroatoms. The average molecular weight is 294 g/mol. The minimum Gasteiger partial charge on any atom is -0.542 e. The van der Waals surface area contributed by atoms with E-state index in [1.165, 1.54) is 12.8 Å². The first-order chi connectivity index (χ1) is 9.30. The summed E-state index contributed by atoms with van der Waals surface area (Å²) in [7, 11) is -0.225. The van der Waals surface area contributed by atoms with Crippen molar-refractivity contribution >= 4 is 14.3 Å². The lowest BCUT2D eigenvalue weighted by molar-refractivity contribution is 0.0696. The van der Waals surface area contributed by atoms with Gasteiger partial charge in [0.25, 0.3) is 0 Å². The Morgan fingerprint density at radius 3 is 2.45 bits per heavy atom. The Labute approximate surface area is 120 Å². The van der Waals surface area contributed by atoms with Crippen LogP contribution >= 0.6 is 0 Å². The molecule has 0 bridgehead atoms. The molecule has 1 aromatic carbocycles. The largest absolute Gasteiger partial charge is 0.542 e.